The molecule has 0 radical (unpaired) electrons. The van der Waals surface area contributed by atoms with Crippen molar-refractivity contribution in [1.29, 1.82) is 0 Å². The maximum Gasteiger partial charge on any atom is 0.187 e. The minimum atomic E-state index is 0.886. The van der Waals surface area contributed by atoms with Crippen molar-refractivity contribution in [3.8, 4) is 0 Å². The van der Waals surface area contributed by atoms with Crippen LogP contribution in [0.2, 0.25) is 0 Å². The van der Waals surface area contributed by atoms with E-state index >= 15 is 0 Å². The molecule has 0 bridgehead atoms. The van der Waals surface area contributed by atoms with Crippen LogP contribution in [0.25, 0.3) is 0 Å². The van der Waals surface area contributed by atoms with Crippen LogP contribution in [0.3, 0.4) is 0 Å². The van der Waals surface area contributed by atoms with Crippen molar-refractivity contribution in [2.45, 2.75) is 38.5 Å². The van der Waals surface area contributed by atoms with Gasteiger partial charge in [-0.1, -0.05) is 30.0 Å². The predicted molar refractivity (Wildman–Crippen MR) is 87.5 cm³/mol. The Morgan fingerprint density at radius 1 is 1.24 bits per heavy atom. The van der Waals surface area contributed by atoms with E-state index in [1.807, 2.05) is 12.5 Å². The van der Waals surface area contributed by atoms with Crippen LogP contribution in [-0.2, 0) is 19.5 Å². The zero-order valence-electron chi connectivity index (χ0n) is 12.9. The molecule has 0 saturated carbocycles. The molecule has 0 atom stereocenters. The van der Waals surface area contributed by atoms with Crippen molar-refractivity contribution < 1.29 is 0 Å². The molecule has 0 N–H and O–H groups in total. The van der Waals surface area contributed by atoms with Crippen LogP contribution in [0, 0.1) is 13.8 Å². The number of hydrogen-bond acceptors (Lipinski definition) is 4. The number of rotatable bonds is 3. The Kier molecular flexibility index (Phi) is 4.27. The molecular weight excluding hydrogens is 278 g/mol. The first-order valence-corrected chi connectivity index (χ1v) is 8.56. The molecule has 1 aromatic carbocycles. The van der Waals surface area contributed by atoms with Crippen molar-refractivity contribution in [3.05, 3.63) is 52.3 Å². The van der Waals surface area contributed by atoms with Crippen LogP contribution in [-0.4, -0.2) is 27.7 Å². The smallest absolute Gasteiger partial charge is 0.187 e. The van der Waals surface area contributed by atoms with Crippen molar-refractivity contribution in [1.82, 2.24) is 14.9 Å². The molecule has 4 heteroatoms. The Bertz CT molecular complexity index is 634. The molecule has 21 heavy (non-hydrogen) atoms. The largest absolute Gasteiger partial charge is 0.294 e. The Balaban J connectivity index is 1.77. The summed E-state index contributed by atoms with van der Waals surface area (Å²) in [5.74, 6) is 0. The molecule has 3 nitrogen and oxygen atoms in total. The molecular formula is C17H21N3S. The molecule has 0 unspecified atom stereocenters. The number of nitrogens with zero attached hydrogens (tertiary/aromatic N) is 3. The van der Waals surface area contributed by atoms with Gasteiger partial charge in [-0.05, 0) is 36.8 Å². The third-order valence-electron chi connectivity index (χ3n) is 4.20. The fraction of sp³-hybridized carbons (Fsp3) is 0.412. The third kappa shape index (κ3) is 3.11. The first-order valence-electron chi connectivity index (χ1n) is 7.33. The molecule has 3 rings (SSSR count). The topological polar surface area (TPSA) is 29.0 Å². The standard InChI is InChI=1S/C17H21N3S/c1-12-5-4-6-13(2)15(12)11-20-8-7-16-14(10-20)9-18-17(19-16)21-3/h4-6,9H,7-8,10-11H2,1-3H3. The van der Waals surface area contributed by atoms with E-state index in [-0.39, 0.29) is 0 Å². The van der Waals surface area contributed by atoms with Crippen molar-refractivity contribution in [2.24, 2.45) is 0 Å². The Morgan fingerprint density at radius 3 is 2.71 bits per heavy atom. The van der Waals surface area contributed by atoms with Crippen molar-refractivity contribution in [2.75, 3.05) is 12.8 Å². The third-order valence-corrected chi connectivity index (χ3v) is 4.76. The van der Waals surface area contributed by atoms with Gasteiger partial charge in [0.2, 0.25) is 0 Å². The molecule has 2 heterocycles. The second-order valence-corrected chi connectivity index (χ2v) is 6.43. The van der Waals surface area contributed by atoms with Crippen LogP contribution >= 0.6 is 11.8 Å². The second-order valence-electron chi connectivity index (χ2n) is 5.66. The van der Waals surface area contributed by atoms with Crippen molar-refractivity contribution >= 4 is 11.8 Å². The summed E-state index contributed by atoms with van der Waals surface area (Å²) in [5.41, 5.74) is 6.74. The lowest BCUT2D eigenvalue weighted by atomic mass is 10.0. The highest BCUT2D eigenvalue weighted by atomic mass is 32.2. The van der Waals surface area contributed by atoms with Crippen LogP contribution in [0.15, 0.2) is 29.6 Å². The summed E-state index contributed by atoms with van der Waals surface area (Å²) >= 11 is 1.61. The minimum absolute atomic E-state index is 0.886. The van der Waals surface area contributed by atoms with Gasteiger partial charge in [0.05, 0.1) is 5.69 Å². The number of benzene rings is 1. The molecule has 0 amide bonds. The van der Waals surface area contributed by atoms with E-state index in [0.29, 0.717) is 0 Å². The molecule has 0 spiro atoms. The first-order chi connectivity index (χ1) is 10.2. The summed E-state index contributed by atoms with van der Waals surface area (Å²) < 4.78 is 0. The highest BCUT2D eigenvalue weighted by Gasteiger charge is 2.19. The maximum atomic E-state index is 4.63. The molecule has 1 aliphatic rings. The van der Waals surface area contributed by atoms with Gasteiger partial charge < -0.3 is 0 Å². The SMILES string of the molecule is CSc1ncc2c(n1)CCN(Cc1c(C)cccc1C)C2. The summed E-state index contributed by atoms with van der Waals surface area (Å²) in [6, 6.07) is 6.54. The molecule has 110 valence electrons. The molecule has 1 aliphatic heterocycles. The lowest BCUT2D eigenvalue weighted by Crippen LogP contribution is -2.31. The first kappa shape index (κ1) is 14.5. The van der Waals surface area contributed by atoms with Crippen LogP contribution in [0.4, 0.5) is 0 Å². The van der Waals surface area contributed by atoms with E-state index in [4.69, 9.17) is 0 Å². The number of fused-ring (bicyclic) bond motifs is 1. The lowest BCUT2D eigenvalue weighted by molar-refractivity contribution is 0.241. The monoisotopic (exact) mass is 299 g/mol. The average Bonchev–Trinajstić information content (AvgIpc) is 2.50. The molecule has 2 aromatic rings. The minimum Gasteiger partial charge on any atom is -0.294 e. The van der Waals surface area contributed by atoms with Gasteiger partial charge in [0.15, 0.2) is 5.16 Å². The summed E-state index contributed by atoms with van der Waals surface area (Å²) in [5, 5.41) is 0.886. The van der Waals surface area contributed by atoms with Gasteiger partial charge in [-0.25, -0.2) is 9.97 Å². The van der Waals surface area contributed by atoms with E-state index in [2.05, 4.69) is 46.9 Å². The van der Waals surface area contributed by atoms with Gasteiger partial charge in [-0.3, -0.25) is 4.90 Å². The molecule has 0 saturated heterocycles. The quantitative estimate of drug-likeness (QED) is 0.642. The van der Waals surface area contributed by atoms with E-state index < -0.39 is 0 Å². The van der Waals surface area contributed by atoms with E-state index in [1.54, 1.807) is 11.8 Å². The zero-order chi connectivity index (χ0) is 14.8. The van der Waals surface area contributed by atoms with Gasteiger partial charge in [-0.15, -0.1) is 0 Å². The van der Waals surface area contributed by atoms with Crippen LogP contribution < -0.4 is 0 Å². The van der Waals surface area contributed by atoms with Gasteiger partial charge in [0.1, 0.15) is 0 Å². The second kappa shape index (κ2) is 6.16. The summed E-state index contributed by atoms with van der Waals surface area (Å²) in [6.07, 6.45) is 5.05. The Labute approximate surface area is 130 Å². The molecule has 0 aliphatic carbocycles. The number of hydrogen-bond donors (Lipinski definition) is 0. The maximum absolute atomic E-state index is 4.63. The molecule has 0 fully saturated rings. The summed E-state index contributed by atoms with van der Waals surface area (Å²) in [4.78, 5) is 11.5. The summed E-state index contributed by atoms with van der Waals surface area (Å²) in [6.45, 7) is 7.45. The van der Waals surface area contributed by atoms with Crippen LogP contribution in [0.5, 0.6) is 0 Å². The van der Waals surface area contributed by atoms with Crippen molar-refractivity contribution in [3.63, 3.8) is 0 Å². The normalized spacial score (nSPS) is 15.0. The van der Waals surface area contributed by atoms with E-state index in [1.165, 1.54) is 27.9 Å². The van der Waals surface area contributed by atoms with Crippen LogP contribution in [0.1, 0.15) is 27.9 Å². The fourth-order valence-corrected chi connectivity index (χ4v) is 3.27. The Hall–Kier alpha value is -1.39. The lowest BCUT2D eigenvalue weighted by Gasteiger charge is -2.29. The van der Waals surface area contributed by atoms with Gasteiger partial charge >= 0.3 is 0 Å². The highest BCUT2D eigenvalue weighted by molar-refractivity contribution is 7.98. The number of aryl methyl sites for hydroxylation is 2. The highest BCUT2D eigenvalue weighted by Crippen LogP contribution is 2.22. The zero-order valence-corrected chi connectivity index (χ0v) is 13.7. The van der Waals surface area contributed by atoms with E-state index in [0.717, 1.165) is 31.2 Å². The average molecular weight is 299 g/mol. The number of thioether (sulfide) groups is 1. The van der Waals surface area contributed by atoms with Gasteiger partial charge in [-0.2, -0.15) is 0 Å². The predicted octanol–water partition coefficient (Wildman–Crippen LogP) is 3.37. The number of aromatic nitrogens is 2. The Morgan fingerprint density at radius 2 is 2.00 bits per heavy atom. The fourth-order valence-electron chi connectivity index (χ4n) is 2.91. The van der Waals surface area contributed by atoms with Gasteiger partial charge in [0, 0.05) is 37.8 Å². The summed E-state index contributed by atoms with van der Waals surface area (Å²) in [7, 11) is 0. The van der Waals surface area contributed by atoms with E-state index in [9.17, 15) is 0 Å². The molecule has 1 aromatic heterocycles. The van der Waals surface area contributed by atoms with Gasteiger partial charge in [0.25, 0.3) is 0 Å².